The molecule has 5 rings (SSSR count). The van der Waals surface area contributed by atoms with Gasteiger partial charge in [-0.2, -0.15) is 0 Å². The third-order valence-electron chi connectivity index (χ3n) is 6.07. The molecule has 3 aromatic rings. The number of aryl methyl sites for hydroxylation is 1. The minimum absolute atomic E-state index is 0.00925. The molecule has 2 nitrogen and oxygen atoms in total. The Labute approximate surface area is 169 Å². The van der Waals surface area contributed by atoms with Crippen LogP contribution in [0.25, 0.3) is 0 Å². The molecule has 0 N–H and O–H groups in total. The van der Waals surface area contributed by atoms with E-state index in [1.165, 1.54) is 16.8 Å². The van der Waals surface area contributed by atoms with Crippen molar-refractivity contribution in [2.75, 3.05) is 4.90 Å². The van der Waals surface area contributed by atoms with E-state index in [2.05, 4.69) is 103 Å². The summed E-state index contributed by atoms with van der Waals surface area (Å²) in [6.07, 6.45) is 4.30. The summed E-state index contributed by atoms with van der Waals surface area (Å²) in [5.74, 6) is 0. The molecule has 1 fully saturated rings. The van der Waals surface area contributed by atoms with E-state index in [0.717, 1.165) is 5.56 Å². The summed E-state index contributed by atoms with van der Waals surface area (Å²) in [5.41, 5.74) is 4.74. The standard InChI is InChI=1S/C26H26N2/c1-19-11-9-10-16-23(19)27-20(2)24-17-18-25(21-12-5-3-6-13-21)28(24)26(27)22-14-7-4-8-15-22/h3-18,20,24-26H,1-2H3/t20-,24?,25?,26?/m0/s1/i25D. The smallest absolute Gasteiger partial charge is 0.110 e. The van der Waals surface area contributed by atoms with E-state index in [1.807, 2.05) is 18.2 Å². The molecule has 2 heterocycles. The Kier molecular flexibility index (Phi) is 4.01. The maximum atomic E-state index is 9.54. The maximum absolute atomic E-state index is 9.54. The molecule has 0 saturated carbocycles. The first-order valence-corrected chi connectivity index (χ1v) is 10.0. The second-order valence-electron chi connectivity index (χ2n) is 7.73. The summed E-state index contributed by atoms with van der Waals surface area (Å²) >= 11 is 0. The molecule has 3 aromatic carbocycles. The van der Waals surface area contributed by atoms with Crippen LogP contribution in [-0.2, 0) is 0 Å². The predicted molar refractivity (Wildman–Crippen MR) is 116 cm³/mol. The molecule has 140 valence electrons. The van der Waals surface area contributed by atoms with Crippen LogP contribution in [0.3, 0.4) is 0 Å². The van der Waals surface area contributed by atoms with Crippen molar-refractivity contribution >= 4 is 5.69 Å². The van der Waals surface area contributed by atoms with Crippen LogP contribution in [-0.4, -0.2) is 17.0 Å². The van der Waals surface area contributed by atoms with Crippen molar-refractivity contribution < 1.29 is 1.37 Å². The van der Waals surface area contributed by atoms with Crippen LogP contribution in [0.2, 0.25) is 0 Å². The van der Waals surface area contributed by atoms with Gasteiger partial charge in [-0.3, -0.25) is 4.90 Å². The van der Waals surface area contributed by atoms with Crippen molar-refractivity contribution in [2.24, 2.45) is 0 Å². The SMILES string of the molecule is [2H]C1(c2ccccc2)C=CC2[C@H](C)N(c3ccccc3C)C(c3ccccc3)N21. The Bertz CT molecular complexity index is 1030. The van der Waals surface area contributed by atoms with Gasteiger partial charge in [0.1, 0.15) is 6.17 Å². The summed E-state index contributed by atoms with van der Waals surface area (Å²) in [7, 11) is 0. The van der Waals surface area contributed by atoms with E-state index in [4.69, 9.17) is 0 Å². The molecule has 3 unspecified atom stereocenters. The molecule has 1 saturated heterocycles. The lowest BCUT2D eigenvalue weighted by Crippen LogP contribution is -2.34. The van der Waals surface area contributed by atoms with Gasteiger partial charge in [0.2, 0.25) is 0 Å². The minimum Gasteiger partial charge on any atom is -0.347 e. The molecule has 0 aromatic heterocycles. The fourth-order valence-corrected chi connectivity index (χ4v) is 4.74. The van der Waals surface area contributed by atoms with Crippen molar-refractivity contribution in [3.63, 3.8) is 0 Å². The molecular weight excluding hydrogens is 340 g/mol. The molecule has 2 aliphatic rings. The number of nitrogens with zero attached hydrogens (tertiary/aromatic N) is 2. The van der Waals surface area contributed by atoms with Crippen molar-refractivity contribution in [3.05, 3.63) is 114 Å². The van der Waals surface area contributed by atoms with Crippen LogP contribution in [0.4, 0.5) is 5.69 Å². The highest BCUT2D eigenvalue weighted by molar-refractivity contribution is 5.58. The molecule has 2 heteroatoms. The first-order chi connectivity index (χ1) is 14.1. The summed E-state index contributed by atoms with van der Waals surface area (Å²) in [5, 5.41) is 0. The number of anilines is 1. The van der Waals surface area contributed by atoms with E-state index in [0.29, 0.717) is 0 Å². The normalized spacial score (nSPS) is 29.7. The van der Waals surface area contributed by atoms with Gasteiger partial charge in [-0.05, 0) is 36.6 Å². The van der Waals surface area contributed by atoms with E-state index in [1.54, 1.807) is 0 Å². The average Bonchev–Trinajstić information content (AvgIpc) is 3.26. The second-order valence-corrected chi connectivity index (χ2v) is 7.73. The fourth-order valence-electron chi connectivity index (χ4n) is 4.74. The van der Waals surface area contributed by atoms with Gasteiger partial charge in [0, 0.05) is 11.7 Å². The average molecular weight is 368 g/mol. The molecule has 0 bridgehead atoms. The van der Waals surface area contributed by atoms with Crippen LogP contribution in [0.5, 0.6) is 0 Å². The lowest BCUT2D eigenvalue weighted by atomic mass is 10.0. The zero-order valence-electron chi connectivity index (χ0n) is 17.4. The minimum atomic E-state index is -0.891. The van der Waals surface area contributed by atoms with Gasteiger partial charge < -0.3 is 4.90 Å². The summed E-state index contributed by atoms with van der Waals surface area (Å²) in [6.45, 7) is 4.46. The molecule has 0 aliphatic carbocycles. The number of hydrogen-bond acceptors (Lipinski definition) is 2. The summed E-state index contributed by atoms with van der Waals surface area (Å²) in [6, 6.07) is 29.0. The van der Waals surface area contributed by atoms with Gasteiger partial charge in [0.05, 0.1) is 13.4 Å². The Morgan fingerprint density at radius 3 is 2.04 bits per heavy atom. The van der Waals surface area contributed by atoms with Crippen molar-refractivity contribution in [1.82, 2.24) is 4.90 Å². The molecular formula is C26H26N2. The number of fused-ring (bicyclic) bond motifs is 1. The first-order valence-electron chi connectivity index (χ1n) is 10.5. The van der Waals surface area contributed by atoms with Gasteiger partial charge in [0.25, 0.3) is 0 Å². The van der Waals surface area contributed by atoms with Crippen molar-refractivity contribution in [2.45, 2.75) is 38.1 Å². The number of rotatable bonds is 3. The van der Waals surface area contributed by atoms with Crippen LogP contribution in [0.1, 0.15) is 37.2 Å². The highest BCUT2D eigenvalue weighted by Crippen LogP contribution is 2.49. The van der Waals surface area contributed by atoms with Crippen LogP contribution in [0, 0.1) is 6.92 Å². The van der Waals surface area contributed by atoms with E-state index in [9.17, 15) is 1.37 Å². The van der Waals surface area contributed by atoms with Crippen LogP contribution >= 0.6 is 0 Å². The Morgan fingerprint density at radius 2 is 1.36 bits per heavy atom. The van der Waals surface area contributed by atoms with E-state index in [-0.39, 0.29) is 18.2 Å². The third kappa shape index (κ3) is 2.68. The highest BCUT2D eigenvalue weighted by Gasteiger charge is 2.49. The number of para-hydroxylation sites is 1. The fraction of sp³-hybridized carbons (Fsp3) is 0.231. The van der Waals surface area contributed by atoms with E-state index < -0.39 is 6.02 Å². The van der Waals surface area contributed by atoms with Gasteiger partial charge in [0.15, 0.2) is 0 Å². The van der Waals surface area contributed by atoms with Gasteiger partial charge in [-0.1, -0.05) is 91.0 Å². The summed E-state index contributed by atoms with van der Waals surface area (Å²) < 4.78 is 9.54. The van der Waals surface area contributed by atoms with Crippen molar-refractivity contribution in [3.8, 4) is 0 Å². The topological polar surface area (TPSA) is 6.48 Å². The zero-order valence-corrected chi connectivity index (χ0v) is 16.4. The largest absolute Gasteiger partial charge is 0.347 e. The van der Waals surface area contributed by atoms with Crippen molar-refractivity contribution in [1.29, 1.82) is 0 Å². The maximum Gasteiger partial charge on any atom is 0.110 e. The van der Waals surface area contributed by atoms with Crippen LogP contribution < -0.4 is 4.90 Å². The third-order valence-corrected chi connectivity index (χ3v) is 6.07. The Balaban J connectivity index is 1.70. The lowest BCUT2D eigenvalue weighted by molar-refractivity contribution is 0.196. The lowest BCUT2D eigenvalue weighted by Gasteiger charge is -2.36. The second kappa shape index (κ2) is 6.96. The molecule has 4 atom stereocenters. The monoisotopic (exact) mass is 367 g/mol. The van der Waals surface area contributed by atoms with Gasteiger partial charge >= 0.3 is 0 Å². The van der Waals surface area contributed by atoms with Gasteiger partial charge in [-0.25, -0.2) is 0 Å². The number of benzene rings is 3. The molecule has 0 spiro atoms. The molecule has 0 radical (unpaired) electrons. The van der Waals surface area contributed by atoms with Gasteiger partial charge in [-0.15, -0.1) is 0 Å². The number of hydrogen-bond donors (Lipinski definition) is 0. The predicted octanol–water partition coefficient (Wildman–Crippen LogP) is 5.88. The molecule has 28 heavy (non-hydrogen) atoms. The molecule has 0 amide bonds. The highest BCUT2D eigenvalue weighted by atomic mass is 15.5. The Hall–Kier alpha value is -2.84. The first kappa shape index (κ1) is 16.1. The Morgan fingerprint density at radius 1 is 0.750 bits per heavy atom. The summed E-state index contributed by atoms with van der Waals surface area (Å²) in [4.78, 5) is 4.87. The quantitative estimate of drug-likeness (QED) is 0.533. The molecule has 2 aliphatic heterocycles. The van der Waals surface area contributed by atoms with E-state index >= 15 is 0 Å². The van der Waals surface area contributed by atoms with Crippen LogP contribution in [0.15, 0.2) is 97.1 Å². The zero-order chi connectivity index (χ0) is 20.0.